The number of amides is 2. The van der Waals surface area contributed by atoms with Crippen molar-refractivity contribution in [2.75, 3.05) is 52.4 Å². The van der Waals surface area contributed by atoms with Gasteiger partial charge in [0.2, 0.25) is 0 Å². The van der Waals surface area contributed by atoms with Gasteiger partial charge in [0.25, 0.3) is 0 Å². The van der Waals surface area contributed by atoms with Crippen LogP contribution in [0.3, 0.4) is 0 Å². The maximum absolute atomic E-state index is 12.3. The Labute approximate surface area is 126 Å². The van der Waals surface area contributed by atoms with E-state index < -0.39 is 9.84 Å². The molecule has 0 unspecified atom stereocenters. The van der Waals surface area contributed by atoms with Gasteiger partial charge in [-0.1, -0.05) is 6.07 Å². The lowest BCUT2D eigenvalue weighted by Gasteiger charge is -2.26. The van der Waals surface area contributed by atoms with Crippen LogP contribution in [-0.2, 0) is 9.84 Å². The third-order valence-electron chi connectivity index (χ3n) is 2.75. The number of anilines is 1. The summed E-state index contributed by atoms with van der Waals surface area (Å²) in [5.74, 6) is 0.332. The van der Waals surface area contributed by atoms with E-state index >= 15 is 0 Å². The van der Waals surface area contributed by atoms with E-state index in [0.29, 0.717) is 18.9 Å². The molecule has 0 saturated heterocycles. The summed E-state index contributed by atoms with van der Waals surface area (Å²) in [5.41, 5.74) is 0. The van der Waals surface area contributed by atoms with Gasteiger partial charge in [-0.3, -0.25) is 4.90 Å². The van der Waals surface area contributed by atoms with Crippen molar-refractivity contribution in [3.63, 3.8) is 0 Å². The van der Waals surface area contributed by atoms with Gasteiger partial charge in [0.15, 0.2) is 14.9 Å². The van der Waals surface area contributed by atoms with Crippen LogP contribution in [0.2, 0.25) is 0 Å². The van der Waals surface area contributed by atoms with Crippen molar-refractivity contribution in [3.05, 3.63) is 18.2 Å². The standard InChI is InChI=1S/C13H22N4O3S/c1-15(2)9-10-17(13(18)16(3)4)11-7-6-8-12(14-11)21(5,19)20/h6-8H,9-10H2,1-5H3. The number of likely N-dealkylation sites (N-methyl/N-ethyl adjacent to an activating group) is 1. The largest absolute Gasteiger partial charge is 0.330 e. The van der Waals surface area contributed by atoms with Crippen LogP contribution in [0.25, 0.3) is 0 Å². The van der Waals surface area contributed by atoms with Crippen molar-refractivity contribution in [3.8, 4) is 0 Å². The first-order valence-corrected chi connectivity index (χ1v) is 8.32. The SMILES string of the molecule is CN(C)CCN(C(=O)N(C)C)c1cccc(S(C)(=O)=O)n1. The topological polar surface area (TPSA) is 73.8 Å². The molecule has 0 bridgehead atoms. The minimum atomic E-state index is -3.41. The highest BCUT2D eigenvalue weighted by Gasteiger charge is 2.20. The number of hydrogen-bond donors (Lipinski definition) is 0. The quantitative estimate of drug-likeness (QED) is 0.793. The van der Waals surface area contributed by atoms with E-state index in [1.807, 2.05) is 19.0 Å². The zero-order valence-corrected chi connectivity index (χ0v) is 13.9. The Morgan fingerprint density at radius 1 is 1.14 bits per heavy atom. The minimum absolute atomic E-state index is 0.0404. The van der Waals surface area contributed by atoms with E-state index in [1.165, 1.54) is 15.9 Å². The van der Waals surface area contributed by atoms with Gasteiger partial charge in [-0.15, -0.1) is 0 Å². The molecule has 0 spiro atoms. The molecule has 7 nitrogen and oxygen atoms in total. The Morgan fingerprint density at radius 3 is 2.24 bits per heavy atom. The summed E-state index contributed by atoms with van der Waals surface area (Å²) < 4.78 is 23.2. The molecule has 1 aromatic heterocycles. The van der Waals surface area contributed by atoms with Crippen LogP contribution in [-0.4, -0.2) is 76.8 Å². The Kier molecular flexibility index (Phi) is 5.68. The molecule has 8 heteroatoms. The van der Waals surface area contributed by atoms with Crippen LogP contribution >= 0.6 is 0 Å². The van der Waals surface area contributed by atoms with Crippen LogP contribution in [0.4, 0.5) is 10.6 Å². The van der Waals surface area contributed by atoms with Gasteiger partial charge in [0.05, 0.1) is 0 Å². The number of rotatable bonds is 5. The van der Waals surface area contributed by atoms with E-state index in [9.17, 15) is 13.2 Å². The van der Waals surface area contributed by atoms with Crippen molar-refractivity contribution in [2.24, 2.45) is 0 Å². The van der Waals surface area contributed by atoms with E-state index in [0.717, 1.165) is 6.26 Å². The van der Waals surface area contributed by atoms with Gasteiger partial charge in [-0.2, -0.15) is 0 Å². The highest BCUT2D eigenvalue weighted by Crippen LogP contribution is 2.15. The summed E-state index contributed by atoms with van der Waals surface area (Å²) in [6.45, 7) is 1.06. The van der Waals surface area contributed by atoms with Crippen molar-refractivity contribution < 1.29 is 13.2 Å². The highest BCUT2D eigenvalue weighted by molar-refractivity contribution is 7.90. The van der Waals surface area contributed by atoms with Gasteiger partial charge in [-0.05, 0) is 26.2 Å². The predicted molar refractivity (Wildman–Crippen MR) is 82.3 cm³/mol. The van der Waals surface area contributed by atoms with E-state index in [-0.39, 0.29) is 11.1 Å². The lowest BCUT2D eigenvalue weighted by atomic mass is 10.4. The fraction of sp³-hybridized carbons (Fsp3) is 0.538. The van der Waals surface area contributed by atoms with Gasteiger partial charge < -0.3 is 9.80 Å². The summed E-state index contributed by atoms with van der Waals surface area (Å²) in [7, 11) is 3.68. The second-order valence-electron chi connectivity index (χ2n) is 5.24. The van der Waals surface area contributed by atoms with Gasteiger partial charge >= 0.3 is 6.03 Å². The number of sulfone groups is 1. The molecule has 0 aromatic carbocycles. The zero-order chi connectivity index (χ0) is 16.2. The molecular weight excluding hydrogens is 292 g/mol. The van der Waals surface area contributed by atoms with Crippen molar-refractivity contribution in [1.82, 2.24) is 14.8 Å². The van der Waals surface area contributed by atoms with E-state index in [4.69, 9.17) is 0 Å². The van der Waals surface area contributed by atoms with Crippen LogP contribution < -0.4 is 4.90 Å². The lowest BCUT2D eigenvalue weighted by Crippen LogP contribution is -2.43. The summed E-state index contributed by atoms with van der Waals surface area (Å²) in [4.78, 5) is 21.2. The molecule has 0 aliphatic rings. The molecule has 1 rings (SSSR count). The molecule has 0 N–H and O–H groups in total. The second kappa shape index (κ2) is 6.86. The molecule has 0 atom stereocenters. The van der Waals surface area contributed by atoms with Crippen LogP contribution in [0.15, 0.2) is 23.2 Å². The summed E-state index contributed by atoms with van der Waals surface area (Å²) in [5, 5.41) is -0.0404. The van der Waals surface area contributed by atoms with E-state index in [1.54, 1.807) is 26.2 Å². The fourth-order valence-corrected chi connectivity index (χ4v) is 2.20. The lowest BCUT2D eigenvalue weighted by molar-refractivity contribution is 0.222. The molecule has 21 heavy (non-hydrogen) atoms. The third kappa shape index (κ3) is 4.98. The monoisotopic (exact) mass is 314 g/mol. The number of carbonyl (C=O) groups excluding carboxylic acids is 1. The Balaban J connectivity index is 3.16. The summed E-state index contributed by atoms with van der Waals surface area (Å²) >= 11 is 0. The van der Waals surface area contributed by atoms with Gasteiger partial charge in [0.1, 0.15) is 5.82 Å². The molecule has 118 valence electrons. The molecule has 0 aliphatic heterocycles. The first-order chi connectivity index (χ1) is 9.62. The fourth-order valence-electron chi connectivity index (χ4n) is 1.61. The maximum Gasteiger partial charge on any atom is 0.325 e. The zero-order valence-electron chi connectivity index (χ0n) is 13.1. The highest BCUT2D eigenvalue weighted by atomic mass is 32.2. The Bertz CT molecular complexity index is 599. The van der Waals surface area contributed by atoms with Gasteiger partial charge in [0, 0.05) is 33.4 Å². The van der Waals surface area contributed by atoms with E-state index in [2.05, 4.69) is 4.98 Å². The maximum atomic E-state index is 12.3. The smallest absolute Gasteiger partial charge is 0.325 e. The minimum Gasteiger partial charge on any atom is -0.330 e. The number of carbonyl (C=O) groups is 1. The number of urea groups is 1. The molecule has 0 radical (unpaired) electrons. The molecular formula is C13H22N4O3S. The number of aromatic nitrogens is 1. The first-order valence-electron chi connectivity index (χ1n) is 6.43. The Hall–Kier alpha value is -1.67. The van der Waals surface area contributed by atoms with Crippen LogP contribution in [0, 0.1) is 0 Å². The molecule has 0 fully saturated rings. The average Bonchev–Trinajstić information content (AvgIpc) is 2.37. The number of nitrogens with zero attached hydrogens (tertiary/aromatic N) is 4. The molecule has 1 heterocycles. The molecule has 0 aliphatic carbocycles. The predicted octanol–water partition coefficient (Wildman–Crippen LogP) is 0.535. The summed E-state index contributed by atoms with van der Waals surface area (Å²) in [6.07, 6.45) is 1.09. The van der Waals surface area contributed by atoms with Crippen LogP contribution in [0.5, 0.6) is 0 Å². The Morgan fingerprint density at radius 2 is 1.76 bits per heavy atom. The second-order valence-corrected chi connectivity index (χ2v) is 7.20. The number of hydrogen-bond acceptors (Lipinski definition) is 5. The first kappa shape index (κ1) is 17.4. The molecule has 2 amide bonds. The average molecular weight is 314 g/mol. The molecule has 0 saturated carbocycles. The van der Waals surface area contributed by atoms with Crippen LogP contribution in [0.1, 0.15) is 0 Å². The number of pyridine rings is 1. The van der Waals surface area contributed by atoms with Crippen molar-refractivity contribution in [1.29, 1.82) is 0 Å². The van der Waals surface area contributed by atoms with Crippen molar-refractivity contribution in [2.45, 2.75) is 5.03 Å². The normalized spacial score (nSPS) is 11.5. The third-order valence-corrected chi connectivity index (χ3v) is 3.74. The molecule has 1 aromatic rings. The van der Waals surface area contributed by atoms with Gasteiger partial charge in [-0.25, -0.2) is 18.2 Å². The summed E-state index contributed by atoms with van der Waals surface area (Å²) in [6, 6.07) is 4.40. The van der Waals surface area contributed by atoms with Crippen molar-refractivity contribution >= 4 is 21.7 Å².